The lowest BCUT2D eigenvalue weighted by Crippen LogP contribution is -2.36. The molecule has 41 heavy (non-hydrogen) atoms. The van der Waals surface area contributed by atoms with E-state index in [0.29, 0.717) is 17.7 Å². The molecule has 1 N–H and O–H groups in total. The molecular formula is C30H39N4O5PS. The molecule has 4 rings (SSSR count). The molecule has 2 aromatic carbocycles. The number of nitrogens with zero attached hydrogens (tertiary/aromatic N) is 3. The standard InChI is InChI=1S/C30H39N4O5PS/c1-20(2)34(21(3)4)40(37-14-8-13-31)39-26-16-28(33-17-22(5)29(35)32-30(33)36)38-27(26)19-41-18-23-11-12-24-9-6-7-10-25(24)15-23/h6-7,9-12,15,17,20-21,26-28H,8,14,16,18-19H2,1-5H3,(H,32,35,36)/t26-,27+,28+,40?/m0/s1. The molecule has 11 heteroatoms. The fourth-order valence-electron chi connectivity index (χ4n) is 4.96. The number of aryl methyl sites for hydroxylation is 1. The number of hydrogen-bond donors (Lipinski definition) is 1. The molecule has 2 heterocycles. The summed E-state index contributed by atoms with van der Waals surface area (Å²) in [5.74, 6) is 1.45. The van der Waals surface area contributed by atoms with E-state index in [9.17, 15) is 9.59 Å². The Hall–Kier alpha value is -2.51. The SMILES string of the molecule is Cc1cn([C@H]2C[C@H](OP(OCCC#N)N(C(C)C)C(C)C)[C@@H](CSCc3ccc4ccccc4c3)O2)c(=O)[nH]c1=O. The Labute approximate surface area is 246 Å². The van der Waals surface area contributed by atoms with Gasteiger partial charge in [-0.1, -0.05) is 42.5 Å². The van der Waals surface area contributed by atoms with E-state index >= 15 is 0 Å². The minimum absolute atomic E-state index is 0.159. The summed E-state index contributed by atoms with van der Waals surface area (Å²) in [6.07, 6.45) is 1.00. The fourth-order valence-corrected chi connectivity index (χ4v) is 7.78. The highest BCUT2D eigenvalue weighted by atomic mass is 32.2. The van der Waals surface area contributed by atoms with Gasteiger partial charge in [-0.05, 0) is 51.0 Å². The van der Waals surface area contributed by atoms with Crippen molar-refractivity contribution in [2.45, 2.75) is 83.7 Å². The van der Waals surface area contributed by atoms with Gasteiger partial charge in [0.1, 0.15) is 6.23 Å². The number of ether oxygens (including phenoxy) is 1. The van der Waals surface area contributed by atoms with E-state index in [1.165, 1.54) is 20.9 Å². The number of thioether (sulfide) groups is 1. The summed E-state index contributed by atoms with van der Waals surface area (Å²) in [7, 11) is -1.49. The van der Waals surface area contributed by atoms with Gasteiger partial charge in [0, 0.05) is 41.8 Å². The van der Waals surface area contributed by atoms with Gasteiger partial charge in [-0.2, -0.15) is 17.0 Å². The molecule has 3 aromatic rings. The van der Waals surface area contributed by atoms with Gasteiger partial charge < -0.3 is 13.8 Å². The first kappa shape index (κ1) is 31.4. The van der Waals surface area contributed by atoms with E-state index in [4.69, 9.17) is 19.0 Å². The molecule has 0 radical (unpaired) electrons. The van der Waals surface area contributed by atoms with Crippen LogP contribution in [0, 0.1) is 18.3 Å². The third-order valence-corrected chi connectivity index (χ3v) is 10.1. The van der Waals surface area contributed by atoms with Crippen LogP contribution in [0.1, 0.15) is 57.9 Å². The van der Waals surface area contributed by atoms with E-state index in [1.54, 1.807) is 24.9 Å². The monoisotopic (exact) mass is 598 g/mol. The van der Waals surface area contributed by atoms with Crippen molar-refractivity contribution < 1.29 is 13.8 Å². The molecule has 0 saturated carbocycles. The van der Waals surface area contributed by atoms with Crippen LogP contribution in [0.2, 0.25) is 0 Å². The fraction of sp³-hybridized carbons (Fsp3) is 0.500. The molecule has 0 bridgehead atoms. The smallest absolute Gasteiger partial charge is 0.330 e. The van der Waals surface area contributed by atoms with Gasteiger partial charge in [-0.15, -0.1) is 0 Å². The molecule has 1 aromatic heterocycles. The van der Waals surface area contributed by atoms with Gasteiger partial charge in [0.15, 0.2) is 0 Å². The summed E-state index contributed by atoms with van der Waals surface area (Å²) in [5.41, 5.74) is 0.750. The van der Waals surface area contributed by atoms with E-state index in [1.807, 2.05) is 12.1 Å². The second-order valence-corrected chi connectivity index (χ2v) is 13.2. The highest BCUT2D eigenvalue weighted by Gasteiger charge is 2.41. The Balaban J connectivity index is 1.55. The summed E-state index contributed by atoms with van der Waals surface area (Å²) in [6.45, 7) is 10.3. The molecule has 4 atom stereocenters. The van der Waals surface area contributed by atoms with Crippen LogP contribution in [0.5, 0.6) is 0 Å². The van der Waals surface area contributed by atoms with Gasteiger partial charge in [0.2, 0.25) is 0 Å². The van der Waals surface area contributed by atoms with Crippen molar-refractivity contribution in [1.82, 2.24) is 14.2 Å². The van der Waals surface area contributed by atoms with Crippen molar-refractivity contribution in [2.24, 2.45) is 0 Å². The van der Waals surface area contributed by atoms with Crippen LogP contribution in [0.25, 0.3) is 10.8 Å². The Morgan fingerprint density at radius 2 is 1.90 bits per heavy atom. The number of nitrogens with one attached hydrogen (secondary N) is 1. The molecule has 1 aliphatic heterocycles. The molecular weight excluding hydrogens is 559 g/mol. The first-order chi connectivity index (χ1) is 19.7. The zero-order valence-electron chi connectivity index (χ0n) is 24.3. The van der Waals surface area contributed by atoms with E-state index < -0.39 is 26.0 Å². The number of fused-ring (bicyclic) bond motifs is 1. The largest absolute Gasteiger partial charge is 0.351 e. The minimum Gasteiger partial charge on any atom is -0.351 e. The predicted molar refractivity (Wildman–Crippen MR) is 165 cm³/mol. The van der Waals surface area contributed by atoms with Crippen molar-refractivity contribution in [3.8, 4) is 6.07 Å². The zero-order valence-corrected chi connectivity index (χ0v) is 26.0. The number of rotatable bonds is 13. The minimum atomic E-state index is -1.49. The quantitative estimate of drug-likeness (QED) is 0.192. The van der Waals surface area contributed by atoms with Crippen molar-refractivity contribution in [2.75, 3.05) is 12.4 Å². The summed E-state index contributed by atoms with van der Waals surface area (Å²) in [6, 6.07) is 17.3. The molecule has 9 nitrogen and oxygen atoms in total. The van der Waals surface area contributed by atoms with Crippen molar-refractivity contribution >= 4 is 31.1 Å². The number of H-pyrrole nitrogens is 1. The summed E-state index contributed by atoms with van der Waals surface area (Å²) in [4.78, 5) is 27.1. The van der Waals surface area contributed by atoms with Gasteiger partial charge in [-0.25, -0.2) is 9.46 Å². The average molecular weight is 599 g/mol. The molecule has 1 aliphatic rings. The molecule has 1 fully saturated rings. The van der Waals surface area contributed by atoms with Gasteiger partial charge in [0.25, 0.3) is 14.1 Å². The van der Waals surface area contributed by atoms with Crippen LogP contribution in [0.15, 0.2) is 58.3 Å². The lowest BCUT2D eigenvalue weighted by atomic mass is 10.1. The number of nitriles is 1. The van der Waals surface area contributed by atoms with E-state index in [0.717, 1.165) is 5.75 Å². The van der Waals surface area contributed by atoms with Crippen LogP contribution in [0.3, 0.4) is 0 Å². The first-order valence-corrected chi connectivity index (χ1v) is 16.2. The maximum Gasteiger partial charge on any atom is 0.330 e. The maximum absolute atomic E-state index is 12.7. The first-order valence-electron chi connectivity index (χ1n) is 14.0. The lowest BCUT2D eigenvalue weighted by molar-refractivity contribution is -0.00636. The topological polar surface area (TPSA) is 110 Å². The number of aromatic amines is 1. The third kappa shape index (κ3) is 8.07. The van der Waals surface area contributed by atoms with Crippen LogP contribution in [0.4, 0.5) is 0 Å². The molecule has 0 amide bonds. The lowest BCUT2D eigenvalue weighted by Gasteiger charge is -2.37. The van der Waals surface area contributed by atoms with Crippen LogP contribution < -0.4 is 11.2 Å². The summed E-state index contributed by atoms with van der Waals surface area (Å²) < 4.78 is 22.9. The zero-order chi connectivity index (χ0) is 29.5. The second kappa shape index (κ2) is 14.6. The van der Waals surface area contributed by atoms with Crippen molar-refractivity contribution in [3.63, 3.8) is 0 Å². The second-order valence-electron chi connectivity index (χ2n) is 10.7. The molecule has 0 spiro atoms. The number of benzene rings is 2. The van der Waals surface area contributed by atoms with Gasteiger partial charge in [-0.3, -0.25) is 14.3 Å². The number of hydrogen-bond acceptors (Lipinski definition) is 8. The van der Waals surface area contributed by atoms with Gasteiger partial charge in [0.05, 0.1) is 31.3 Å². The van der Waals surface area contributed by atoms with Crippen LogP contribution >= 0.6 is 20.3 Å². The normalized spacial score (nSPS) is 19.8. The summed E-state index contributed by atoms with van der Waals surface area (Å²) >= 11 is 1.75. The third-order valence-electron chi connectivity index (χ3n) is 6.89. The van der Waals surface area contributed by atoms with E-state index in [-0.39, 0.29) is 37.3 Å². The Bertz CT molecular complexity index is 1460. The van der Waals surface area contributed by atoms with Crippen molar-refractivity contribution in [1.29, 1.82) is 5.26 Å². The Kier molecular flexibility index (Phi) is 11.2. The van der Waals surface area contributed by atoms with Crippen molar-refractivity contribution in [3.05, 3.63) is 80.6 Å². The molecule has 1 saturated heterocycles. The molecule has 220 valence electrons. The number of aromatic nitrogens is 2. The molecule has 0 aliphatic carbocycles. The summed E-state index contributed by atoms with van der Waals surface area (Å²) in [5, 5.41) is 11.5. The average Bonchev–Trinajstić information content (AvgIpc) is 3.32. The van der Waals surface area contributed by atoms with E-state index in [2.05, 4.69) is 73.8 Å². The van der Waals surface area contributed by atoms with Crippen LogP contribution in [-0.2, 0) is 19.5 Å². The highest BCUT2D eigenvalue weighted by Crippen LogP contribution is 2.50. The van der Waals surface area contributed by atoms with Gasteiger partial charge >= 0.3 is 5.69 Å². The van der Waals surface area contributed by atoms with Crippen LogP contribution in [-0.4, -0.2) is 50.9 Å². The molecule has 1 unspecified atom stereocenters. The predicted octanol–water partition coefficient (Wildman–Crippen LogP) is 5.88. The Morgan fingerprint density at radius 1 is 1.17 bits per heavy atom. The highest BCUT2D eigenvalue weighted by molar-refractivity contribution is 7.98. The Morgan fingerprint density at radius 3 is 2.61 bits per heavy atom. The maximum atomic E-state index is 12.7.